The first-order valence-corrected chi connectivity index (χ1v) is 7.62. The lowest BCUT2D eigenvalue weighted by Crippen LogP contribution is -2.48. The lowest BCUT2D eigenvalue weighted by molar-refractivity contribution is -0.137. The number of carbonyl (C=O) groups is 2. The molecule has 1 atom stereocenters. The minimum atomic E-state index is -0.882. The average molecular weight is 286 g/mol. The highest BCUT2D eigenvalue weighted by molar-refractivity contribution is 5.76. The molecule has 2 N–H and O–H groups in total. The summed E-state index contributed by atoms with van der Waals surface area (Å²) in [5.41, 5.74) is 0. The molecule has 0 saturated heterocycles. The number of nitrogens with one attached hydrogen (secondary N) is 1. The van der Waals surface area contributed by atoms with E-state index in [-0.39, 0.29) is 24.4 Å². The standard InChI is InChI=1S/C15H30N2O3/c1-6-12(7-2)10-17(8-3)15(20)16-13(11(4)5)9-14(18)19/h11-13H,6-10H2,1-5H3,(H,16,20)(H,18,19). The Morgan fingerprint density at radius 1 is 1.15 bits per heavy atom. The van der Waals surface area contributed by atoms with Crippen molar-refractivity contribution in [3.63, 3.8) is 0 Å². The molecule has 0 aromatic carbocycles. The van der Waals surface area contributed by atoms with Gasteiger partial charge in [0.2, 0.25) is 0 Å². The number of carboxylic acid groups (broad SMARTS) is 1. The highest BCUT2D eigenvalue weighted by atomic mass is 16.4. The SMILES string of the molecule is CCC(CC)CN(CC)C(=O)NC(CC(=O)O)C(C)C. The van der Waals surface area contributed by atoms with Crippen LogP contribution in [-0.4, -0.2) is 41.1 Å². The molecule has 0 heterocycles. The number of rotatable bonds is 9. The van der Waals surface area contributed by atoms with Crippen molar-refractivity contribution in [1.82, 2.24) is 10.2 Å². The van der Waals surface area contributed by atoms with Crippen LogP contribution >= 0.6 is 0 Å². The first-order chi connectivity index (χ1) is 9.35. The van der Waals surface area contributed by atoms with Gasteiger partial charge in [0.25, 0.3) is 0 Å². The monoisotopic (exact) mass is 286 g/mol. The predicted octanol–water partition coefficient (Wildman–Crippen LogP) is 2.95. The van der Waals surface area contributed by atoms with Crippen LogP contribution in [0.4, 0.5) is 4.79 Å². The van der Waals surface area contributed by atoms with Crippen LogP contribution in [0.3, 0.4) is 0 Å². The minimum absolute atomic E-state index is 0.0358. The number of carboxylic acids is 1. The Bertz CT molecular complexity index is 301. The van der Waals surface area contributed by atoms with Crippen molar-refractivity contribution in [2.24, 2.45) is 11.8 Å². The van der Waals surface area contributed by atoms with Gasteiger partial charge in [-0.15, -0.1) is 0 Å². The number of aliphatic carboxylic acids is 1. The number of carbonyl (C=O) groups excluding carboxylic acids is 1. The third kappa shape index (κ3) is 6.78. The van der Waals surface area contributed by atoms with E-state index in [4.69, 9.17) is 5.11 Å². The van der Waals surface area contributed by atoms with E-state index in [9.17, 15) is 9.59 Å². The van der Waals surface area contributed by atoms with Gasteiger partial charge in [-0.2, -0.15) is 0 Å². The van der Waals surface area contributed by atoms with Crippen molar-refractivity contribution in [1.29, 1.82) is 0 Å². The van der Waals surface area contributed by atoms with Crippen LogP contribution in [0.5, 0.6) is 0 Å². The first-order valence-electron chi connectivity index (χ1n) is 7.62. The van der Waals surface area contributed by atoms with Crippen LogP contribution in [0.15, 0.2) is 0 Å². The van der Waals surface area contributed by atoms with Crippen molar-refractivity contribution in [3.05, 3.63) is 0 Å². The Balaban J connectivity index is 4.61. The van der Waals surface area contributed by atoms with Crippen LogP contribution in [-0.2, 0) is 4.79 Å². The Kier molecular flexibility index (Phi) is 9.01. The van der Waals surface area contributed by atoms with Gasteiger partial charge in [0.05, 0.1) is 6.42 Å². The fraction of sp³-hybridized carbons (Fsp3) is 0.867. The van der Waals surface area contributed by atoms with E-state index in [1.165, 1.54) is 0 Å². The van der Waals surface area contributed by atoms with E-state index < -0.39 is 5.97 Å². The fourth-order valence-electron chi connectivity index (χ4n) is 2.11. The molecule has 0 saturated carbocycles. The van der Waals surface area contributed by atoms with Gasteiger partial charge in [-0.3, -0.25) is 4.79 Å². The van der Waals surface area contributed by atoms with Gasteiger partial charge >= 0.3 is 12.0 Å². The minimum Gasteiger partial charge on any atom is -0.481 e. The largest absolute Gasteiger partial charge is 0.481 e. The molecule has 118 valence electrons. The molecule has 0 radical (unpaired) electrons. The molecule has 0 fully saturated rings. The second-order valence-electron chi connectivity index (χ2n) is 5.62. The van der Waals surface area contributed by atoms with Crippen molar-refractivity contribution in [3.8, 4) is 0 Å². The molecule has 0 bridgehead atoms. The number of amides is 2. The van der Waals surface area contributed by atoms with Gasteiger partial charge < -0.3 is 15.3 Å². The summed E-state index contributed by atoms with van der Waals surface area (Å²) < 4.78 is 0. The summed E-state index contributed by atoms with van der Waals surface area (Å²) in [4.78, 5) is 24.9. The lowest BCUT2D eigenvalue weighted by Gasteiger charge is -2.29. The Labute approximate surface area is 122 Å². The van der Waals surface area contributed by atoms with Crippen LogP contribution in [0, 0.1) is 11.8 Å². The summed E-state index contributed by atoms with van der Waals surface area (Å²) in [5, 5.41) is 11.8. The van der Waals surface area contributed by atoms with Crippen molar-refractivity contribution < 1.29 is 14.7 Å². The molecule has 0 aliphatic carbocycles. The summed E-state index contributed by atoms with van der Waals surface area (Å²) in [7, 11) is 0. The Morgan fingerprint density at radius 3 is 2.05 bits per heavy atom. The molecular formula is C15H30N2O3. The molecule has 5 heteroatoms. The average Bonchev–Trinajstić information content (AvgIpc) is 2.38. The first kappa shape index (κ1) is 18.7. The number of hydrogen-bond donors (Lipinski definition) is 2. The lowest BCUT2D eigenvalue weighted by atomic mass is 10.0. The number of urea groups is 1. The zero-order chi connectivity index (χ0) is 15.7. The summed E-state index contributed by atoms with van der Waals surface area (Å²) in [6.07, 6.45) is 2.05. The maximum Gasteiger partial charge on any atom is 0.317 e. The van der Waals surface area contributed by atoms with Gasteiger partial charge in [0, 0.05) is 19.1 Å². The molecule has 1 unspecified atom stereocenters. The number of nitrogens with zero attached hydrogens (tertiary/aromatic N) is 1. The van der Waals surface area contributed by atoms with Gasteiger partial charge in [-0.1, -0.05) is 40.5 Å². The maximum atomic E-state index is 12.3. The highest BCUT2D eigenvalue weighted by Crippen LogP contribution is 2.11. The molecule has 5 nitrogen and oxygen atoms in total. The van der Waals surface area contributed by atoms with Crippen molar-refractivity contribution in [2.75, 3.05) is 13.1 Å². The quantitative estimate of drug-likeness (QED) is 0.684. The maximum absolute atomic E-state index is 12.3. The van der Waals surface area contributed by atoms with E-state index in [0.717, 1.165) is 19.4 Å². The number of hydrogen-bond acceptors (Lipinski definition) is 2. The summed E-state index contributed by atoms with van der Waals surface area (Å²) in [5.74, 6) is -0.286. The van der Waals surface area contributed by atoms with Crippen LogP contribution in [0.1, 0.15) is 53.9 Å². The third-order valence-electron chi connectivity index (χ3n) is 3.81. The second kappa shape index (κ2) is 9.61. The van der Waals surface area contributed by atoms with Crippen molar-refractivity contribution >= 4 is 12.0 Å². The molecule has 0 aliphatic rings. The molecule has 0 rings (SSSR count). The normalized spacial score (nSPS) is 12.6. The van der Waals surface area contributed by atoms with E-state index in [2.05, 4.69) is 19.2 Å². The highest BCUT2D eigenvalue weighted by Gasteiger charge is 2.22. The predicted molar refractivity (Wildman–Crippen MR) is 80.7 cm³/mol. The van der Waals surface area contributed by atoms with Crippen molar-refractivity contribution in [2.45, 2.75) is 59.9 Å². The van der Waals surface area contributed by atoms with Crippen LogP contribution in [0.2, 0.25) is 0 Å². The molecular weight excluding hydrogens is 256 g/mol. The molecule has 0 aliphatic heterocycles. The molecule has 0 aromatic heterocycles. The Morgan fingerprint density at radius 2 is 1.70 bits per heavy atom. The Hall–Kier alpha value is -1.26. The topological polar surface area (TPSA) is 69.6 Å². The smallest absolute Gasteiger partial charge is 0.317 e. The van der Waals surface area contributed by atoms with Gasteiger partial charge in [-0.05, 0) is 18.8 Å². The second-order valence-corrected chi connectivity index (χ2v) is 5.62. The molecule has 0 aromatic rings. The van der Waals surface area contributed by atoms with Gasteiger partial charge in [0.1, 0.15) is 0 Å². The van der Waals surface area contributed by atoms with Crippen LogP contribution in [0.25, 0.3) is 0 Å². The van der Waals surface area contributed by atoms with E-state index in [1.807, 2.05) is 20.8 Å². The molecule has 2 amide bonds. The summed E-state index contributed by atoms with van der Waals surface area (Å²) in [6, 6.07) is -0.477. The fourth-order valence-corrected chi connectivity index (χ4v) is 2.11. The van der Waals surface area contributed by atoms with Crippen LogP contribution < -0.4 is 5.32 Å². The van der Waals surface area contributed by atoms with E-state index >= 15 is 0 Å². The molecule has 0 spiro atoms. The summed E-state index contributed by atoms with van der Waals surface area (Å²) in [6.45, 7) is 11.4. The van der Waals surface area contributed by atoms with E-state index in [0.29, 0.717) is 12.5 Å². The zero-order valence-electron chi connectivity index (χ0n) is 13.5. The van der Waals surface area contributed by atoms with E-state index in [1.54, 1.807) is 4.90 Å². The summed E-state index contributed by atoms with van der Waals surface area (Å²) >= 11 is 0. The third-order valence-corrected chi connectivity index (χ3v) is 3.81. The molecule has 20 heavy (non-hydrogen) atoms. The zero-order valence-corrected chi connectivity index (χ0v) is 13.5. The van der Waals surface area contributed by atoms with Gasteiger partial charge in [0.15, 0.2) is 0 Å². The van der Waals surface area contributed by atoms with Gasteiger partial charge in [-0.25, -0.2) is 4.79 Å².